The van der Waals surface area contributed by atoms with Gasteiger partial charge in [0, 0.05) is 18.4 Å². The molecule has 0 spiro atoms. The van der Waals surface area contributed by atoms with Crippen LogP contribution in [0.5, 0.6) is 0 Å². The second kappa shape index (κ2) is 4.18. The van der Waals surface area contributed by atoms with Crippen LogP contribution in [0.1, 0.15) is 26.7 Å². The molecule has 3 rings (SSSR count). The number of aliphatic hydroxyl groups is 1. The summed E-state index contributed by atoms with van der Waals surface area (Å²) in [4.78, 5) is 14.1. The Morgan fingerprint density at radius 2 is 2.26 bits per heavy atom. The first-order valence-corrected chi connectivity index (χ1v) is 7.62. The molecule has 3 atom stereocenters. The van der Waals surface area contributed by atoms with E-state index in [9.17, 15) is 14.1 Å². The molecule has 0 aromatic carbocycles. The fourth-order valence-corrected chi connectivity index (χ4v) is 4.07. The highest BCUT2D eigenvalue weighted by Gasteiger charge is 2.50. The van der Waals surface area contributed by atoms with Gasteiger partial charge in [-0.3, -0.25) is 4.79 Å². The summed E-state index contributed by atoms with van der Waals surface area (Å²) in [6.45, 7) is 4.17. The van der Waals surface area contributed by atoms with Gasteiger partial charge in [-0.1, -0.05) is 0 Å². The maximum atomic E-state index is 12.1. The minimum Gasteiger partial charge on any atom is -0.484 e. The minimum atomic E-state index is -1.31. The van der Waals surface area contributed by atoms with Crippen molar-refractivity contribution in [3.05, 3.63) is 22.1 Å². The van der Waals surface area contributed by atoms with Crippen molar-refractivity contribution in [3.8, 4) is 0 Å². The van der Waals surface area contributed by atoms with E-state index in [0.29, 0.717) is 23.6 Å². The molecule has 1 saturated heterocycles. The molecule has 3 aliphatic rings. The zero-order valence-electron chi connectivity index (χ0n) is 11.0. The molecule has 0 aromatic rings. The van der Waals surface area contributed by atoms with E-state index in [1.54, 1.807) is 30.2 Å². The van der Waals surface area contributed by atoms with E-state index >= 15 is 0 Å². The van der Waals surface area contributed by atoms with Crippen LogP contribution in [0, 0.1) is 0 Å². The number of hydrogen-bond acceptors (Lipinski definition) is 4. The van der Waals surface area contributed by atoms with E-state index in [0.717, 1.165) is 6.42 Å². The number of nitrogens with zero attached hydrogens (tertiary/aromatic N) is 1. The molecule has 0 radical (unpaired) electrons. The van der Waals surface area contributed by atoms with E-state index in [1.165, 1.54) is 0 Å². The van der Waals surface area contributed by atoms with Gasteiger partial charge >= 0.3 is 0 Å². The third kappa shape index (κ3) is 1.85. The van der Waals surface area contributed by atoms with Gasteiger partial charge in [-0.2, -0.15) is 0 Å². The molecule has 104 valence electrons. The molecule has 19 heavy (non-hydrogen) atoms. The zero-order chi connectivity index (χ0) is 13.8. The van der Waals surface area contributed by atoms with Crippen LogP contribution in [-0.4, -0.2) is 44.4 Å². The summed E-state index contributed by atoms with van der Waals surface area (Å²) in [5.74, 6) is 0.552. The molecule has 0 saturated carbocycles. The highest BCUT2D eigenvalue weighted by molar-refractivity contribution is 7.92. The van der Waals surface area contributed by atoms with Crippen molar-refractivity contribution < 1.29 is 18.8 Å². The maximum Gasteiger partial charge on any atom is 0.223 e. The summed E-state index contributed by atoms with van der Waals surface area (Å²) in [6, 6.07) is -0.537. The molecular formula is C13H17NO4S. The van der Waals surface area contributed by atoms with Crippen LogP contribution >= 0.6 is 0 Å². The van der Waals surface area contributed by atoms with Gasteiger partial charge in [0.25, 0.3) is 0 Å². The first kappa shape index (κ1) is 12.9. The standard InChI is InChI=1S/C13H17NO4S/c1-13(2)12(16)10(14-6-3-4-9(14)15)11-8(18-13)5-7-19(11)17/h5,7,10,12,16H,3-4,6H2,1-2H3. The fraction of sp³-hybridized carbons (Fsp3) is 0.615. The second-order valence-electron chi connectivity index (χ2n) is 5.61. The number of carbonyl (C=O) groups excluding carboxylic acids is 1. The normalized spacial score (nSPS) is 36.7. The van der Waals surface area contributed by atoms with Crippen molar-refractivity contribution in [2.45, 2.75) is 44.4 Å². The van der Waals surface area contributed by atoms with Gasteiger partial charge in [0.05, 0.1) is 21.7 Å². The average molecular weight is 283 g/mol. The first-order valence-electron chi connectivity index (χ1n) is 6.41. The Morgan fingerprint density at radius 3 is 2.89 bits per heavy atom. The molecule has 5 nitrogen and oxygen atoms in total. The molecule has 1 amide bonds. The SMILES string of the molecule is CC1(C)OC2=C(C(N3CCCC3=O)C1O)S(=O)C=C2. The summed E-state index contributed by atoms with van der Waals surface area (Å²) < 4.78 is 17.8. The Kier molecular flexibility index (Phi) is 2.83. The van der Waals surface area contributed by atoms with Gasteiger partial charge in [0.15, 0.2) is 0 Å². The molecular weight excluding hydrogens is 266 g/mol. The van der Waals surface area contributed by atoms with Crippen LogP contribution in [0.4, 0.5) is 0 Å². The van der Waals surface area contributed by atoms with Crippen molar-refractivity contribution in [1.29, 1.82) is 0 Å². The monoisotopic (exact) mass is 283 g/mol. The van der Waals surface area contributed by atoms with Crippen LogP contribution in [0.15, 0.2) is 22.1 Å². The number of rotatable bonds is 1. The zero-order valence-corrected chi connectivity index (χ0v) is 11.8. The molecule has 0 aromatic heterocycles. The summed E-state index contributed by atoms with van der Waals surface area (Å²) in [5.41, 5.74) is -0.800. The molecule has 3 unspecified atom stereocenters. The van der Waals surface area contributed by atoms with E-state index in [4.69, 9.17) is 4.74 Å². The van der Waals surface area contributed by atoms with Crippen LogP contribution in [0.3, 0.4) is 0 Å². The average Bonchev–Trinajstić information content (AvgIpc) is 2.89. The highest BCUT2D eigenvalue weighted by Crippen LogP contribution is 2.40. The van der Waals surface area contributed by atoms with Crippen LogP contribution in [-0.2, 0) is 20.3 Å². The van der Waals surface area contributed by atoms with E-state index in [-0.39, 0.29) is 5.91 Å². The summed E-state index contributed by atoms with van der Waals surface area (Å²) in [7, 11) is -1.31. The van der Waals surface area contributed by atoms with E-state index in [2.05, 4.69) is 0 Å². The van der Waals surface area contributed by atoms with Gasteiger partial charge in [-0.15, -0.1) is 0 Å². The van der Waals surface area contributed by atoms with E-state index < -0.39 is 28.5 Å². The second-order valence-corrected chi connectivity index (χ2v) is 6.92. The number of aliphatic hydroxyl groups excluding tert-OH is 1. The topological polar surface area (TPSA) is 66.8 Å². The smallest absolute Gasteiger partial charge is 0.223 e. The Morgan fingerprint density at radius 1 is 1.53 bits per heavy atom. The largest absolute Gasteiger partial charge is 0.484 e. The third-order valence-corrected chi connectivity index (χ3v) is 5.16. The Labute approximate surface area is 114 Å². The summed E-state index contributed by atoms with van der Waals surface area (Å²) in [5, 5.41) is 12.1. The number of ether oxygens (including phenoxy) is 1. The van der Waals surface area contributed by atoms with Crippen LogP contribution < -0.4 is 0 Å². The van der Waals surface area contributed by atoms with Crippen LogP contribution in [0.2, 0.25) is 0 Å². The molecule has 3 aliphatic heterocycles. The molecule has 6 heteroatoms. The Bertz CT molecular complexity index is 523. The number of allylic oxidation sites excluding steroid dienone is 1. The van der Waals surface area contributed by atoms with Crippen molar-refractivity contribution in [2.75, 3.05) is 6.54 Å². The predicted octanol–water partition coefficient (Wildman–Crippen LogP) is 0.635. The number of amides is 1. The highest BCUT2D eigenvalue weighted by atomic mass is 32.2. The predicted molar refractivity (Wildman–Crippen MR) is 70.2 cm³/mol. The molecule has 1 fully saturated rings. The lowest BCUT2D eigenvalue weighted by Crippen LogP contribution is -2.57. The number of likely N-dealkylation sites (tertiary alicyclic amines) is 1. The van der Waals surface area contributed by atoms with Crippen molar-refractivity contribution in [3.63, 3.8) is 0 Å². The molecule has 1 N–H and O–H groups in total. The van der Waals surface area contributed by atoms with Crippen molar-refractivity contribution in [1.82, 2.24) is 4.90 Å². The summed E-state index contributed by atoms with van der Waals surface area (Å²) in [6.07, 6.45) is 2.07. The van der Waals surface area contributed by atoms with Gasteiger partial charge in [0.2, 0.25) is 5.91 Å². The van der Waals surface area contributed by atoms with Gasteiger partial charge < -0.3 is 14.7 Å². The van der Waals surface area contributed by atoms with Gasteiger partial charge in [0.1, 0.15) is 17.5 Å². The fourth-order valence-electron chi connectivity index (χ4n) is 2.87. The lowest BCUT2D eigenvalue weighted by atomic mass is 9.90. The summed E-state index contributed by atoms with van der Waals surface area (Å²) >= 11 is 0. The molecule has 3 heterocycles. The number of carbonyl (C=O) groups is 1. The molecule has 0 bridgehead atoms. The molecule has 0 aliphatic carbocycles. The first-order chi connectivity index (χ1) is 8.92. The lowest BCUT2D eigenvalue weighted by molar-refractivity contribution is -0.140. The van der Waals surface area contributed by atoms with Crippen molar-refractivity contribution >= 4 is 16.7 Å². The van der Waals surface area contributed by atoms with Gasteiger partial charge in [-0.25, -0.2) is 4.21 Å². The third-order valence-electron chi connectivity index (χ3n) is 3.90. The quantitative estimate of drug-likeness (QED) is 0.766. The Hall–Kier alpha value is -1.14. The maximum absolute atomic E-state index is 12.1. The number of hydrogen-bond donors (Lipinski definition) is 1. The minimum absolute atomic E-state index is 0.0116. The van der Waals surface area contributed by atoms with Gasteiger partial charge in [-0.05, 0) is 26.3 Å². The Balaban J connectivity index is 2.06. The van der Waals surface area contributed by atoms with E-state index in [1.807, 2.05) is 0 Å². The van der Waals surface area contributed by atoms with Crippen LogP contribution in [0.25, 0.3) is 0 Å². The lowest BCUT2D eigenvalue weighted by Gasteiger charge is -2.44. The van der Waals surface area contributed by atoms with Crippen molar-refractivity contribution in [2.24, 2.45) is 0 Å².